The zero-order valence-corrected chi connectivity index (χ0v) is 38.6. The highest BCUT2D eigenvalue weighted by molar-refractivity contribution is 6.15. The van der Waals surface area contributed by atoms with E-state index in [1.807, 2.05) is 24.8 Å². The molecular weight excluding hydrogens is 879 g/mol. The molecule has 72 heavy (non-hydrogen) atoms. The van der Waals surface area contributed by atoms with Crippen molar-refractivity contribution in [1.29, 1.82) is 5.26 Å². The standard InChI is InChI=1S/C65H39N7/c66-38-49-64(50-39-67-35-33-60(50)69-52-25-9-1-17-41(52)42-18-2-10-26-53(42)69)62(71-56-29-13-5-21-45(56)46-22-6-14-30-57(46)71)37-63(72-58-31-15-7-23-47(58)48-24-8-16-32-59(48)72)65(49)51-40-68-36-34-61(51)70-54-27-11-3-19-43(54)44-20-4-12-28-55(44)70/h1-37,39-40H. The summed E-state index contributed by atoms with van der Waals surface area (Å²) in [6, 6.07) is 78.1. The van der Waals surface area contributed by atoms with Crippen molar-refractivity contribution in [2.75, 3.05) is 0 Å². The summed E-state index contributed by atoms with van der Waals surface area (Å²) in [6.45, 7) is 0. The van der Waals surface area contributed by atoms with Crippen LogP contribution in [0.2, 0.25) is 0 Å². The van der Waals surface area contributed by atoms with Gasteiger partial charge >= 0.3 is 0 Å². The van der Waals surface area contributed by atoms with E-state index in [-0.39, 0.29) is 0 Å². The second-order valence-electron chi connectivity index (χ2n) is 18.4. The van der Waals surface area contributed by atoms with Gasteiger partial charge in [0.15, 0.2) is 0 Å². The molecule has 0 saturated heterocycles. The van der Waals surface area contributed by atoms with Gasteiger partial charge in [-0.15, -0.1) is 0 Å². The number of hydrogen-bond acceptors (Lipinski definition) is 3. The molecule has 15 rings (SSSR count). The predicted octanol–water partition coefficient (Wildman–Crippen LogP) is 16.1. The highest BCUT2D eigenvalue weighted by Crippen LogP contribution is 2.49. The Morgan fingerprint density at radius 2 is 0.528 bits per heavy atom. The summed E-state index contributed by atoms with van der Waals surface area (Å²) in [6.07, 6.45) is 7.63. The predicted molar refractivity (Wildman–Crippen MR) is 295 cm³/mol. The normalized spacial score (nSPS) is 11.9. The molecule has 0 aliphatic heterocycles. The van der Waals surface area contributed by atoms with Crippen LogP contribution < -0.4 is 0 Å². The Morgan fingerprint density at radius 3 is 0.778 bits per heavy atom. The quantitative estimate of drug-likeness (QED) is 0.167. The summed E-state index contributed by atoms with van der Waals surface area (Å²) in [4.78, 5) is 9.89. The Bertz CT molecular complexity index is 4280. The maximum atomic E-state index is 12.5. The fraction of sp³-hybridized carbons (Fsp3) is 0. The highest BCUT2D eigenvalue weighted by Gasteiger charge is 2.31. The van der Waals surface area contributed by atoms with E-state index in [2.05, 4.69) is 237 Å². The number of nitriles is 1. The molecule has 7 nitrogen and oxygen atoms in total. The molecule has 6 heterocycles. The minimum atomic E-state index is 0.497. The molecule has 334 valence electrons. The Morgan fingerprint density at radius 1 is 0.292 bits per heavy atom. The molecule has 0 radical (unpaired) electrons. The van der Waals surface area contributed by atoms with Crippen molar-refractivity contribution in [3.8, 4) is 51.1 Å². The van der Waals surface area contributed by atoms with Crippen molar-refractivity contribution in [3.63, 3.8) is 0 Å². The number of rotatable bonds is 6. The Kier molecular flexibility index (Phi) is 8.59. The van der Waals surface area contributed by atoms with Crippen LogP contribution in [0.5, 0.6) is 0 Å². The van der Waals surface area contributed by atoms with E-state index in [4.69, 9.17) is 9.97 Å². The molecule has 0 fully saturated rings. The van der Waals surface area contributed by atoms with Crippen LogP contribution in [0.1, 0.15) is 5.56 Å². The molecule has 6 aromatic heterocycles. The van der Waals surface area contributed by atoms with Crippen molar-refractivity contribution >= 4 is 87.2 Å². The van der Waals surface area contributed by atoms with E-state index in [0.717, 1.165) is 132 Å². The molecule has 0 N–H and O–H groups in total. The Hall–Kier alpha value is -10.0. The van der Waals surface area contributed by atoms with Crippen LogP contribution in [0.15, 0.2) is 237 Å². The van der Waals surface area contributed by atoms with E-state index >= 15 is 0 Å². The van der Waals surface area contributed by atoms with Crippen LogP contribution in [-0.4, -0.2) is 28.2 Å². The summed E-state index contributed by atoms with van der Waals surface area (Å²) in [5.41, 5.74) is 15.5. The SMILES string of the molecule is N#Cc1c(-c2cnccc2-n2c3ccccc3c3ccccc32)c(-n2c3ccccc3c3ccccc32)cc(-n2c3ccccc3c3ccccc32)c1-c1cnccc1-n1c2ccccc2c2ccccc21. The van der Waals surface area contributed by atoms with Crippen molar-refractivity contribution in [2.24, 2.45) is 0 Å². The molecule has 0 aliphatic carbocycles. The van der Waals surface area contributed by atoms with Crippen molar-refractivity contribution in [2.45, 2.75) is 0 Å². The molecule has 0 amide bonds. The van der Waals surface area contributed by atoms with Gasteiger partial charge in [0.05, 0.1) is 72.4 Å². The second-order valence-corrected chi connectivity index (χ2v) is 18.4. The zero-order chi connectivity index (χ0) is 47.4. The molecule has 0 bridgehead atoms. The number of nitrogens with zero attached hydrogens (tertiary/aromatic N) is 7. The van der Waals surface area contributed by atoms with Gasteiger partial charge in [-0.3, -0.25) is 9.97 Å². The maximum absolute atomic E-state index is 12.5. The first-order valence-corrected chi connectivity index (χ1v) is 24.2. The topological polar surface area (TPSA) is 69.3 Å². The third-order valence-corrected chi connectivity index (χ3v) is 14.8. The lowest BCUT2D eigenvalue weighted by atomic mass is 9.88. The fourth-order valence-electron chi connectivity index (χ4n) is 11.9. The minimum absolute atomic E-state index is 0.497. The lowest BCUT2D eigenvalue weighted by Crippen LogP contribution is -2.10. The number of aromatic nitrogens is 6. The van der Waals surface area contributed by atoms with Gasteiger partial charge in [0.1, 0.15) is 6.07 Å². The van der Waals surface area contributed by atoms with Gasteiger partial charge in [0, 0.05) is 90.1 Å². The summed E-state index contributed by atoms with van der Waals surface area (Å²) >= 11 is 0. The van der Waals surface area contributed by atoms with Crippen molar-refractivity contribution in [3.05, 3.63) is 243 Å². The Labute approximate surface area is 412 Å². The van der Waals surface area contributed by atoms with Gasteiger partial charge in [-0.2, -0.15) is 5.26 Å². The molecule has 9 aromatic carbocycles. The summed E-state index contributed by atoms with van der Waals surface area (Å²) in [5.74, 6) is 0. The van der Waals surface area contributed by atoms with Crippen LogP contribution in [0.4, 0.5) is 0 Å². The molecule has 0 aliphatic rings. The second kappa shape index (κ2) is 15.5. The first kappa shape index (κ1) is 39.9. The summed E-state index contributed by atoms with van der Waals surface area (Å²) < 4.78 is 9.41. The number of fused-ring (bicyclic) bond motifs is 12. The third kappa shape index (κ3) is 5.54. The van der Waals surface area contributed by atoms with Crippen LogP contribution in [-0.2, 0) is 0 Å². The Balaban J connectivity index is 1.18. The first-order chi connectivity index (χ1) is 35.8. The van der Waals surface area contributed by atoms with Gasteiger partial charge in [0.25, 0.3) is 0 Å². The summed E-state index contributed by atoms with van der Waals surface area (Å²) in [5, 5.41) is 21.6. The molecule has 0 unspecified atom stereocenters. The smallest absolute Gasteiger partial charge is 0.101 e. The van der Waals surface area contributed by atoms with Gasteiger partial charge in [0.2, 0.25) is 0 Å². The third-order valence-electron chi connectivity index (χ3n) is 14.8. The van der Waals surface area contributed by atoms with E-state index in [1.165, 1.54) is 0 Å². The molecule has 15 aromatic rings. The van der Waals surface area contributed by atoms with Crippen LogP contribution >= 0.6 is 0 Å². The van der Waals surface area contributed by atoms with E-state index in [1.54, 1.807) is 0 Å². The van der Waals surface area contributed by atoms with E-state index in [9.17, 15) is 5.26 Å². The largest absolute Gasteiger partial charge is 0.309 e. The van der Waals surface area contributed by atoms with E-state index < -0.39 is 0 Å². The van der Waals surface area contributed by atoms with Gasteiger partial charge < -0.3 is 18.3 Å². The van der Waals surface area contributed by atoms with E-state index in [0.29, 0.717) is 5.56 Å². The first-order valence-electron chi connectivity index (χ1n) is 24.2. The number of hydrogen-bond donors (Lipinski definition) is 0. The lowest BCUT2D eigenvalue weighted by molar-refractivity contribution is 1.11. The molecular formula is C65H39N7. The monoisotopic (exact) mass is 917 g/mol. The highest BCUT2D eigenvalue weighted by atomic mass is 15.0. The average molecular weight is 918 g/mol. The molecule has 0 atom stereocenters. The van der Waals surface area contributed by atoms with Crippen molar-refractivity contribution < 1.29 is 0 Å². The lowest BCUT2D eigenvalue weighted by Gasteiger charge is -2.25. The minimum Gasteiger partial charge on any atom is -0.309 e. The summed E-state index contributed by atoms with van der Waals surface area (Å²) in [7, 11) is 0. The number of para-hydroxylation sites is 8. The fourth-order valence-corrected chi connectivity index (χ4v) is 11.9. The molecule has 0 saturated carbocycles. The molecule has 0 spiro atoms. The number of benzene rings is 9. The van der Waals surface area contributed by atoms with Crippen LogP contribution in [0.3, 0.4) is 0 Å². The van der Waals surface area contributed by atoms with Crippen LogP contribution in [0.25, 0.3) is 132 Å². The van der Waals surface area contributed by atoms with Gasteiger partial charge in [-0.1, -0.05) is 146 Å². The van der Waals surface area contributed by atoms with Crippen molar-refractivity contribution in [1.82, 2.24) is 28.2 Å². The number of pyridine rings is 2. The zero-order valence-electron chi connectivity index (χ0n) is 38.6. The molecule has 7 heteroatoms. The average Bonchev–Trinajstić information content (AvgIpc) is 4.18. The maximum Gasteiger partial charge on any atom is 0.101 e. The van der Waals surface area contributed by atoms with Gasteiger partial charge in [-0.25, -0.2) is 0 Å². The van der Waals surface area contributed by atoms with Crippen LogP contribution in [0, 0.1) is 11.3 Å². The van der Waals surface area contributed by atoms with Gasteiger partial charge in [-0.05, 0) is 66.7 Å².